The van der Waals surface area contributed by atoms with Crippen molar-refractivity contribution in [2.24, 2.45) is 16.9 Å². The van der Waals surface area contributed by atoms with Gasteiger partial charge in [-0.1, -0.05) is 38.5 Å². The minimum absolute atomic E-state index is 0.0841. The van der Waals surface area contributed by atoms with Gasteiger partial charge in [0.25, 0.3) is 0 Å². The Kier molecular flexibility index (Phi) is 6.70. The number of ether oxygens (including phenoxy) is 2. The number of hydrogen-bond acceptors (Lipinski definition) is 4. The number of hydrazone groups is 1. The largest absolute Gasteiger partial charge is 0.493 e. The maximum atomic E-state index is 13.5. The number of carbonyl (C=O) groups is 1. The summed E-state index contributed by atoms with van der Waals surface area (Å²) in [5.41, 5.74) is 2.19. The molecule has 2 atom stereocenters. The Balaban J connectivity index is 1.50. The van der Waals surface area contributed by atoms with Gasteiger partial charge in [-0.2, -0.15) is 5.10 Å². The van der Waals surface area contributed by atoms with Gasteiger partial charge in [0.2, 0.25) is 5.91 Å². The number of fused-ring (bicyclic) bond motifs is 1. The number of benzene rings is 1. The van der Waals surface area contributed by atoms with Crippen LogP contribution >= 0.6 is 0 Å². The fraction of sp³-hybridized carbons (Fsp3) is 0.704. The van der Waals surface area contributed by atoms with Crippen LogP contribution in [0, 0.1) is 11.8 Å². The van der Waals surface area contributed by atoms with Crippen molar-refractivity contribution in [1.82, 2.24) is 5.01 Å². The quantitative estimate of drug-likeness (QED) is 0.523. The van der Waals surface area contributed by atoms with E-state index in [1.807, 2.05) is 11.1 Å². The van der Waals surface area contributed by atoms with Crippen LogP contribution in [0.2, 0.25) is 0 Å². The molecular formula is C27H38N2O3. The minimum atomic E-state index is 0.0841. The molecular weight excluding hydrogens is 400 g/mol. The molecule has 0 saturated heterocycles. The predicted octanol–water partition coefficient (Wildman–Crippen LogP) is 6.09. The van der Waals surface area contributed by atoms with E-state index in [0.29, 0.717) is 0 Å². The Labute approximate surface area is 192 Å². The molecule has 5 nitrogen and oxygen atoms in total. The average molecular weight is 439 g/mol. The van der Waals surface area contributed by atoms with Crippen molar-refractivity contribution in [3.05, 3.63) is 23.8 Å². The molecule has 0 bridgehead atoms. The zero-order valence-corrected chi connectivity index (χ0v) is 19.6. The summed E-state index contributed by atoms with van der Waals surface area (Å²) >= 11 is 0. The number of methoxy groups -OCH3 is 1. The summed E-state index contributed by atoms with van der Waals surface area (Å²) in [6.07, 6.45) is 16.5. The Morgan fingerprint density at radius 2 is 1.47 bits per heavy atom. The van der Waals surface area contributed by atoms with Crippen LogP contribution in [0.4, 0.5) is 0 Å². The van der Waals surface area contributed by atoms with E-state index in [4.69, 9.17) is 14.6 Å². The third-order valence-corrected chi connectivity index (χ3v) is 8.10. The van der Waals surface area contributed by atoms with Gasteiger partial charge in [0, 0.05) is 17.4 Å². The highest BCUT2D eigenvalue weighted by Gasteiger charge is 2.43. The lowest BCUT2D eigenvalue weighted by atomic mass is 9.73. The van der Waals surface area contributed by atoms with Gasteiger partial charge in [0.1, 0.15) is 0 Å². The Morgan fingerprint density at radius 1 is 0.812 bits per heavy atom. The highest BCUT2D eigenvalue weighted by atomic mass is 16.5. The minimum Gasteiger partial charge on any atom is -0.493 e. The lowest BCUT2D eigenvalue weighted by Crippen LogP contribution is -2.49. The molecule has 174 valence electrons. The Morgan fingerprint density at radius 3 is 2.19 bits per heavy atom. The number of carbonyl (C=O) groups excluding carboxylic acids is 1. The number of hydrogen-bond donors (Lipinski definition) is 0. The molecule has 0 aromatic heterocycles. The first kappa shape index (κ1) is 21.8. The number of nitrogens with zero attached hydrogens (tertiary/aromatic N) is 2. The first-order chi connectivity index (χ1) is 15.7. The molecule has 32 heavy (non-hydrogen) atoms. The van der Waals surface area contributed by atoms with E-state index in [1.54, 1.807) is 7.11 Å². The molecule has 3 aliphatic carbocycles. The second kappa shape index (κ2) is 9.84. The third kappa shape index (κ3) is 4.40. The van der Waals surface area contributed by atoms with Gasteiger partial charge in [-0.3, -0.25) is 4.79 Å². The molecule has 1 amide bonds. The van der Waals surface area contributed by atoms with Gasteiger partial charge in [-0.25, -0.2) is 5.01 Å². The van der Waals surface area contributed by atoms with Crippen LogP contribution in [-0.2, 0) is 4.79 Å². The lowest BCUT2D eigenvalue weighted by molar-refractivity contribution is -0.141. The second-order valence-electron chi connectivity index (χ2n) is 10.2. The van der Waals surface area contributed by atoms with Crippen molar-refractivity contribution < 1.29 is 14.3 Å². The Hall–Kier alpha value is -2.04. The lowest BCUT2D eigenvalue weighted by Gasteiger charge is -2.41. The number of rotatable bonds is 5. The predicted molar refractivity (Wildman–Crippen MR) is 126 cm³/mol. The monoisotopic (exact) mass is 438 g/mol. The van der Waals surface area contributed by atoms with Crippen LogP contribution < -0.4 is 9.47 Å². The maximum absolute atomic E-state index is 13.5. The van der Waals surface area contributed by atoms with Crippen LogP contribution in [0.5, 0.6) is 11.5 Å². The van der Waals surface area contributed by atoms with Gasteiger partial charge in [-0.05, 0) is 69.6 Å². The Bertz CT molecular complexity index is 837. The van der Waals surface area contributed by atoms with E-state index in [1.165, 1.54) is 44.9 Å². The topological polar surface area (TPSA) is 51.1 Å². The summed E-state index contributed by atoms with van der Waals surface area (Å²) in [6, 6.07) is 6.52. The summed E-state index contributed by atoms with van der Waals surface area (Å²) in [6.45, 7) is 0. The smallest absolute Gasteiger partial charge is 0.246 e. The van der Waals surface area contributed by atoms with Crippen LogP contribution in [-0.4, -0.2) is 35.9 Å². The summed E-state index contributed by atoms with van der Waals surface area (Å²) in [4.78, 5) is 13.5. The van der Waals surface area contributed by atoms with Crippen molar-refractivity contribution in [3.8, 4) is 11.5 Å². The summed E-state index contributed by atoms with van der Waals surface area (Å²) in [7, 11) is 1.71. The van der Waals surface area contributed by atoms with Crippen LogP contribution in [0.3, 0.4) is 0 Å². The molecule has 3 saturated carbocycles. The molecule has 1 aliphatic heterocycles. The molecule has 0 spiro atoms. The summed E-state index contributed by atoms with van der Waals surface area (Å²) < 4.78 is 12.0. The average Bonchev–Trinajstić information content (AvgIpc) is 3.19. The van der Waals surface area contributed by atoms with E-state index < -0.39 is 0 Å². The van der Waals surface area contributed by atoms with E-state index in [-0.39, 0.29) is 29.9 Å². The van der Waals surface area contributed by atoms with Gasteiger partial charge < -0.3 is 9.47 Å². The van der Waals surface area contributed by atoms with Crippen LogP contribution in [0.25, 0.3) is 0 Å². The second-order valence-corrected chi connectivity index (χ2v) is 10.2. The van der Waals surface area contributed by atoms with E-state index in [9.17, 15) is 4.79 Å². The molecule has 0 N–H and O–H groups in total. The molecule has 2 unspecified atom stereocenters. The zero-order valence-electron chi connectivity index (χ0n) is 19.6. The van der Waals surface area contributed by atoms with Crippen molar-refractivity contribution in [2.45, 2.75) is 102 Å². The van der Waals surface area contributed by atoms with Gasteiger partial charge in [0.05, 0.1) is 25.0 Å². The summed E-state index contributed by atoms with van der Waals surface area (Å²) in [5, 5.41) is 7.03. The van der Waals surface area contributed by atoms with Gasteiger partial charge >= 0.3 is 0 Å². The SMILES string of the molecule is COc1ccc(C2=NN(C3CCCCCC3)C(=O)C3CCCCC23)cc1OC1CCCC1. The molecule has 1 aromatic carbocycles. The third-order valence-electron chi connectivity index (χ3n) is 8.10. The molecule has 1 heterocycles. The van der Waals surface area contributed by atoms with Crippen molar-refractivity contribution in [3.63, 3.8) is 0 Å². The van der Waals surface area contributed by atoms with Crippen molar-refractivity contribution in [2.75, 3.05) is 7.11 Å². The van der Waals surface area contributed by atoms with Gasteiger partial charge in [0.15, 0.2) is 11.5 Å². The molecule has 5 heteroatoms. The van der Waals surface area contributed by atoms with Crippen LogP contribution in [0.1, 0.15) is 95.5 Å². The fourth-order valence-electron chi connectivity index (χ4n) is 6.31. The van der Waals surface area contributed by atoms with E-state index >= 15 is 0 Å². The highest BCUT2D eigenvalue weighted by molar-refractivity contribution is 6.07. The molecule has 4 aliphatic rings. The maximum Gasteiger partial charge on any atom is 0.246 e. The zero-order chi connectivity index (χ0) is 21.9. The first-order valence-corrected chi connectivity index (χ1v) is 13.0. The van der Waals surface area contributed by atoms with Crippen LogP contribution in [0.15, 0.2) is 23.3 Å². The molecule has 3 fully saturated rings. The molecule has 0 radical (unpaired) electrons. The van der Waals surface area contributed by atoms with E-state index in [0.717, 1.165) is 67.7 Å². The number of amides is 1. The molecule has 5 rings (SSSR count). The first-order valence-electron chi connectivity index (χ1n) is 13.0. The van der Waals surface area contributed by atoms with Crippen molar-refractivity contribution >= 4 is 11.6 Å². The fourth-order valence-corrected chi connectivity index (χ4v) is 6.31. The van der Waals surface area contributed by atoms with Gasteiger partial charge in [-0.15, -0.1) is 0 Å². The van der Waals surface area contributed by atoms with E-state index in [2.05, 4.69) is 12.1 Å². The van der Waals surface area contributed by atoms with Crippen molar-refractivity contribution in [1.29, 1.82) is 0 Å². The summed E-state index contributed by atoms with van der Waals surface area (Å²) in [5.74, 6) is 2.20. The normalized spacial score (nSPS) is 27.6. The molecule has 1 aromatic rings. The highest BCUT2D eigenvalue weighted by Crippen LogP contribution is 2.41. The standard InChI is InChI=1S/C27H38N2O3/c1-31-24-17-16-19(18-25(24)32-21-12-6-7-13-21)26-22-14-8-9-15-23(22)27(30)29(28-26)20-10-4-2-3-5-11-20/h16-18,20-23H,2-15H2,1H3.